The van der Waals surface area contributed by atoms with Crippen molar-refractivity contribution in [2.75, 3.05) is 13.1 Å². The summed E-state index contributed by atoms with van der Waals surface area (Å²) in [5.41, 5.74) is 0.429. The number of aromatic nitrogens is 1. The van der Waals surface area contributed by atoms with Gasteiger partial charge in [0.25, 0.3) is 0 Å². The van der Waals surface area contributed by atoms with Gasteiger partial charge in [-0.25, -0.2) is 4.79 Å². The largest absolute Gasteiger partial charge is 0.444 e. The molecular formula is C22H31N3O3. The zero-order chi connectivity index (χ0) is 19.9. The van der Waals surface area contributed by atoms with Gasteiger partial charge in [-0.3, -0.25) is 9.78 Å². The van der Waals surface area contributed by atoms with Crippen LogP contribution in [0.1, 0.15) is 47.0 Å². The van der Waals surface area contributed by atoms with Crippen molar-refractivity contribution in [2.45, 2.75) is 51.2 Å². The molecule has 2 heterocycles. The van der Waals surface area contributed by atoms with E-state index < -0.39 is 5.60 Å². The van der Waals surface area contributed by atoms with Crippen LogP contribution in [0.4, 0.5) is 4.79 Å². The molecule has 1 aromatic heterocycles. The Bertz CT molecular complexity index is 774. The van der Waals surface area contributed by atoms with Crippen LogP contribution in [0.2, 0.25) is 0 Å². The van der Waals surface area contributed by atoms with Gasteiger partial charge in [0.05, 0.1) is 0 Å². The number of rotatable bonds is 5. The van der Waals surface area contributed by atoms with E-state index in [1.165, 1.54) is 0 Å². The van der Waals surface area contributed by atoms with Crippen molar-refractivity contribution in [3.63, 3.8) is 0 Å². The summed E-state index contributed by atoms with van der Waals surface area (Å²) < 4.78 is 5.47. The van der Waals surface area contributed by atoms with Crippen LogP contribution in [0.3, 0.4) is 0 Å². The third-order valence-electron chi connectivity index (χ3n) is 6.00. The average Bonchev–Trinajstić information content (AvgIpc) is 3.47. The first-order chi connectivity index (χ1) is 13.2. The molecular weight excluding hydrogens is 354 g/mol. The van der Waals surface area contributed by atoms with Crippen LogP contribution in [0.25, 0.3) is 6.08 Å². The molecule has 152 valence electrons. The number of hydrogen-bond donors (Lipinski definition) is 1. The minimum absolute atomic E-state index is 0. The number of carbonyl (C=O) groups excluding carboxylic acids is 2. The monoisotopic (exact) mass is 385 g/mol. The fourth-order valence-electron chi connectivity index (χ4n) is 4.36. The molecule has 3 fully saturated rings. The third kappa shape index (κ3) is 4.37. The molecule has 2 amide bonds. The van der Waals surface area contributed by atoms with Crippen molar-refractivity contribution < 1.29 is 15.8 Å². The molecule has 0 radical (unpaired) electrons. The van der Waals surface area contributed by atoms with Crippen molar-refractivity contribution in [1.29, 1.82) is 0 Å². The number of pyridine rings is 1. The lowest BCUT2D eigenvalue weighted by Crippen LogP contribution is -2.39. The van der Waals surface area contributed by atoms with Crippen molar-refractivity contribution in [3.8, 4) is 0 Å². The zero-order valence-corrected chi connectivity index (χ0v) is 16.9. The maximum atomic E-state index is 12.3. The Kier molecular flexibility index (Phi) is 4.68. The molecule has 1 aromatic rings. The summed E-state index contributed by atoms with van der Waals surface area (Å²) in [5, 5.41) is 3.21. The SMILES string of the molecule is CC(C)(C)OC(=O)N1C[C@@H]2C(CC3(NC(=O)/C=C/c4cccnc4)CC3)[C@@H]2C1.[HH]. The van der Waals surface area contributed by atoms with Crippen LogP contribution in [0.15, 0.2) is 30.6 Å². The van der Waals surface area contributed by atoms with Crippen LogP contribution in [-0.4, -0.2) is 46.1 Å². The normalized spacial score (nSPS) is 27.4. The number of carbonyl (C=O) groups is 2. The summed E-state index contributed by atoms with van der Waals surface area (Å²) in [4.78, 5) is 30.4. The number of piperidine rings is 1. The highest BCUT2D eigenvalue weighted by molar-refractivity contribution is 5.92. The van der Waals surface area contributed by atoms with Crippen LogP contribution in [0.5, 0.6) is 0 Å². The maximum absolute atomic E-state index is 12.3. The number of amides is 2. The minimum Gasteiger partial charge on any atom is -0.444 e. The molecule has 1 saturated heterocycles. The lowest BCUT2D eigenvalue weighted by Gasteiger charge is -2.26. The number of likely N-dealkylation sites (tertiary alicyclic amines) is 1. The molecule has 6 nitrogen and oxygen atoms in total. The summed E-state index contributed by atoms with van der Waals surface area (Å²) in [5.74, 6) is 1.70. The van der Waals surface area contributed by atoms with E-state index in [1.54, 1.807) is 24.5 Å². The Hall–Kier alpha value is -2.37. The summed E-state index contributed by atoms with van der Waals surface area (Å²) in [6.07, 6.45) is 9.75. The molecule has 0 aromatic carbocycles. The van der Waals surface area contributed by atoms with Gasteiger partial charge in [0.2, 0.25) is 5.91 Å². The van der Waals surface area contributed by atoms with E-state index in [4.69, 9.17) is 4.74 Å². The molecule has 4 rings (SSSR count). The summed E-state index contributed by atoms with van der Waals surface area (Å²) in [7, 11) is 0. The second-order valence-corrected chi connectivity index (χ2v) is 9.47. The van der Waals surface area contributed by atoms with E-state index >= 15 is 0 Å². The number of ether oxygens (including phenoxy) is 1. The first kappa shape index (κ1) is 19.0. The van der Waals surface area contributed by atoms with Gasteiger partial charge in [-0.05, 0) is 75.5 Å². The van der Waals surface area contributed by atoms with Gasteiger partial charge in [0.15, 0.2) is 0 Å². The molecule has 1 aliphatic heterocycles. The van der Waals surface area contributed by atoms with E-state index in [2.05, 4.69) is 10.3 Å². The molecule has 6 heteroatoms. The Morgan fingerprint density at radius 1 is 1.36 bits per heavy atom. The number of fused-ring (bicyclic) bond motifs is 1. The smallest absolute Gasteiger partial charge is 0.410 e. The van der Waals surface area contributed by atoms with Gasteiger partial charge in [0.1, 0.15) is 5.60 Å². The van der Waals surface area contributed by atoms with Gasteiger partial charge < -0.3 is 15.0 Å². The fourth-order valence-corrected chi connectivity index (χ4v) is 4.36. The topological polar surface area (TPSA) is 71.5 Å². The standard InChI is InChI=1S/C22H29N3O3.H2/c1-21(2,3)28-20(27)25-13-17-16(18(17)14-25)11-22(8-9-22)24-19(26)7-6-15-5-4-10-23-12-15;/h4-7,10,12,16-18H,8-9,11,13-14H2,1-3H3,(H,24,26);1H/b7-6+;/t16?,17-,18+;. The van der Waals surface area contributed by atoms with Gasteiger partial charge in [-0.2, -0.15) is 0 Å². The van der Waals surface area contributed by atoms with Crippen LogP contribution in [-0.2, 0) is 9.53 Å². The lowest BCUT2D eigenvalue weighted by atomic mass is 10.0. The van der Waals surface area contributed by atoms with E-state index in [1.807, 2.05) is 37.8 Å². The Balaban J connectivity index is 0.00000240. The second-order valence-electron chi connectivity index (χ2n) is 9.47. The molecule has 28 heavy (non-hydrogen) atoms. The van der Waals surface area contributed by atoms with Crippen LogP contribution < -0.4 is 5.32 Å². The number of nitrogens with zero attached hydrogens (tertiary/aromatic N) is 2. The van der Waals surface area contributed by atoms with Crippen LogP contribution >= 0.6 is 0 Å². The molecule has 2 saturated carbocycles. The highest BCUT2D eigenvalue weighted by Crippen LogP contribution is 2.58. The molecule has 0 spiro atoms. The summed E-state index contributed by atoms with van der Waals surface area (Å²) in [6, 6.07) is 3.78. The van der Waals surface area contributed by atoms with Crippen molar-refractivity contribution in [3.05, 3.63) is 36.2 Å². The van der Waals surface area contributed by atoms with E-state index in [0.717, 1.165) is 37.9 Å². The highest BCUT2D eigenvalue weighted by Gasteiger charge is 2.61. The second kappa shape index (κ2) is 6.90. The van der Waals surface area contributed by atoms with Gasteiger partial charge in [-0.15, -0.1) is 0 Å². The van der Waals surface area contributed by atoms with Crippen molar-refractivity contribution in [2.24, 2.45) is 17.8 Å². The molecule has 1 unspecified atom stereocenters. The molecule has 0 bridgehead atoms. The average molecular weight is 386 g/mol. The van der Waals surface area contributed by atoms with Crippen molar-refractivity contribution >= 4 is 18.1 Å². The predicted molar refractivity (Wildman–Crippen MR) is 108 cm³/mol. The summed E-state index contributed by atoms with van der Waals surface area (Å²) >= 11 is 0. The molecule has 1 N–H and O–H groups in total. The van der Waals surface area contributed by atoms with Crippen molar-refractivity contribution in [1.82, 2.24) is 15.2 Å². The first-order valence-corrected chi connectivity index (χ1v) is 10.1. The van der Waals surface area contributed by atoms with E-state index in [9.17, 15) is 9.59 Å². The quantitative estimate of drug-likeness (QED) is 0.788. The predicted octanol–water partition coefficient (Wildman–Crippen LogP) is 3.49. The van der Waals surface area contributed by atoms with Gasteiger partial charge >= 0.3 is 6.09 Å². The number of hydrogen-bond acceptors (Lipinski definition) is 4. The zero-order valence-electron chi connectivity index (χ0n) is 16.9. The van der Waals surface area contributed by atoms with Gasteiger partial charge in [-0.1, -0.05) is 6.07 Å². The van der Waals surface area contributed by atoms with E-state index in [0.29, 0.717) is 17.8 Å². The highest BCUT2D eigenvalue weighted by atomic mass is 16.6. The van der Waals surface area contributed by atoms with Crippen LogP contribution in [0, 0.1) is 17.8 Å². The third-order valence-corrected chi connectivity index (χ3v) is 6.00. The first-order valence-electron chi connectivity index (χ1n) is 10.1. The minimum atomic E-state index is -0.449. The number of nitrogens with one attached hydrogen (secondary N) is 1. The Morgan fingerprint density at radius 3 is 2.64 bits per heavy atom. The van der Waals surface area contributed by atoms with E-state index in [-0.39, 0.29) is 19.0 Å². The Morgan fingerprint density at radius 2 is 2.07 bits per heavy atom. The molecule has 3 atom stereocenters. The van der Waals surface area contributed by atoms with Gasteiger partial charge in [0, 0.05) is 38.5 Å². The molecule has 2 aliphatic carbocycles. The lowest BCUT2D eigenvalue weighted by molar-refractivity contribution is -0.117. The molecule has 3 aliphatic rings. The summed E-state index contributed by atoms with van der Waals surface area (Å²) in [6.45, 7) is 7.26. The maximum Gasteiger partial charge on any atom is 0.410 e. The fraction of sp³-hybridized carbons (Fsp3) is 0.591. The Labute approximate surface area is 167 Å².